The molecule has 0 amide bonds. The van der Waals surface area contributed by atoms with Crippen molar-refractivity contribution < 1.29 is 14.7 Å². The van der Waals surface area contributed by atoms with Crippen LogP contribution in [0.15, 0.2) is 57.4 Å². The number of aliphatic hydroxyl groups is 1. The first-order valence-electron chi connectivity index (χ1n) is 9.17. The molecular weight excluding hydrogens is 344 g/mol. The maximum atomic E-state index is 13.1. The summed E-state index contributed by atoms with van der Waals surface area (Å²) in [5.74, 6) is 0.231. The number of allylic oxidation sites excluding steroid dienone is 3. The van der Waals surface area contributed by atoms with E-state index in [1.165, 1.54) is 11.8 Å². The standard InChI is InChI=1S/C22H24O3S/c1-13-9-14(23)10-16-19-20(26-15-7-5-4-6-8-15)17(24)11-21(19,2)12-18(25)22(13,16)3/h4-9,14,16,23H,10-12H2,1-3H3/t14-,16+,21-,22+/m1/s1. The Bertz CT molecular complexity index is 853. The third-order valence-electron chi connectivity index (χ3n) is 6.58. The number of ketones is 2. The van der Waals surface area contributed by atoms with Crippen molar-refractivity contribution in [2.75, 3.05) is 0 Å². The zero-order valence-electron chi connectivity index (χ0n) is 15.4. The fourth-order valence-corrected chi connectivity index (χ4v) is 6.26. The Morgan fingerprint density at radius 1 is 1.12 bits per heavy atom. The number of Topliss-reactive ketones (excluding diaryl/α,β-unsaturated/α-hetero) is 2. The lowest BCUT2D eigenvalue weighted by atomic mass is 9.51. The molecule has 1 saturated carbocycles. The van der Waals surface area contributed by atoms with Gasteiger partial charge in [-0.25, -0.2) is 0 Å². The number of hydrogen-bond donors (Lipinski definition) is 1. The van der Waals surface area contributed by atoms with Crippen LogP contribution in [0.25, 0.3) is 0 Å². The van der Waals surface area contributed by atoms with Crippen molar-refractivity contribution in [3.05, 3.63) is 52.5 Å². The van der Waals surface area contributed by atoms with E-state index >= 15 is 0 Å². The van der Waals surface area contributed by atoms with E-state index in [1.807, 2.05) is 50.3 Å². The van der Waals surface area contributed by atoms with Gasteiger partial charge in [0.05, 0.1) is 16.4 Å². The Balaban J connectivity index is 1.88. The zero-order chi connectivity index (χ0) is 18.7. The molecule has 0 saturated heterocycles. The molecule has 3 aliphatic rings. The summed E-state index contributed by atoms with van der Waals surface area (Å²) in [6, 6.07) is 9.92. The van der Waals surface area contributed by atoms with Crippen LogP contribution in [0, 0.1) is 16.7 Å². The number of thioether (sulfide) groups is 1. The SMILES string of the molecule is CC1=C[C@@H](O)C[C@H]2C3=C(Sc4ccccc4)C(=O)C[C@]3(C)CC(=O)[C@@]12C. The molecule has 0 bridgehead atoms. The molecule has 0 aromatic heterocycles. The molecule has 3 aliphatic carbocycles. The minimum Gasteiger partial charge on any atom is -0.389 e. The molecule has 26 heavy (non-hydrogen) atoms. The van der Waals surface area contributed by atoms with Gasteiger partial charge >= 0.3 is 0 Å². The van der Waals surface area contributed by atoms with Crippen LogP contribution >= 0.6 is 11.8 Å². The van der Waals surface area contributed by atoms with Crippen LogP contribution in [0.5, 0.6) is 0 Å². The van der Waals surface area contributed by atoms with Gasteiger partial charge in [-0.2, -0.15) is 0 Å². The van der Waals surface area contributed by atoms with Gasteiger partial charge < -0.3 is 5.11 Å². The van der Waals surface area contributed by atoms with Gasteiger partial charge in [0.1, 0.15) is 5.78 Å². The second kappa shape index (κ2) is 5.93. The van der Waals surface area contributed by atoms with Gasteiger partial charge in [0.15, 0.2) is 5.78 Å². The monoisotopic (exact) mass is 368 g/mol. The molecule has 1 aromatic carbocycles. The molecule has 0 spiro atoms. The molecule has 3 nitrogen and oxygen atoms in total. The predicted molar refractivity (Wildman–Crippen MR) is 103 cm³/mol. The van der Waals surface area contributed by atoms with E-state index in [4.69, 9.17) is 0 Å². The van der Waals surface area contributed by atoms with Crippen LogP contribution in [0.2, 0.25) is 0 Å². The van der Waals surface area contributed by atoms with E-state index in [0.29, 0.717) is 19.3 Å². The smallest absolute Gasteiger partial charge is 0.170 e. The Hall–Kier alpha value is -1.65. The average Bonchev–Trinajstić information content (AvgIpc) is 2.81. The molecule has 4 heteroatoms. The van der Waals surface area contributed by atoms with Crippen molar-refractivity contribution in [1.29, 1.82) is 0 Å². The van der Waals surface area contributed by atoms with Crippen molar-refractivity contribution >= 4 is 23.3 Å². The average molecular weight is 368 g/mol. The Morgan fingerprint density at radius 2 is 1.81 bits per heavy atom. The first-order chi connectivity index (χ1) is 12.3. The lowest BCUT2D eigenvalue weighted by Gasteiger charge is -2.51. The van der Waals surface area contributed by atoms with E-state index in [9.17, 15) is 14.7 Å². The van der Waals surface area contributed by atoms with E-state index in [0.717, 1.165) is 20.9 Å². The molecule has 0 aliphatic heterocycles. The van der Waals surface area contributed by atoms with Crippen molar-refractivity contribution in [3.8, 4) is 0 Å². The Labute approximate surface area is 158 Å². The number of carbonyl (C=O) groups excluding carboxylic acids is 2. The third kappa shape index (κ3) is 2.46. The number of carbonyl (C=O) groups is 2. The van der Waals surface area contributed by atoms with Gasteiger partial charge in [-0.15, -0.1) is 0 Å². The molecule has 1 fully saturated rings. The lowest BCUT2D eigenvalue weighted by Crippen LogP contribution is -2.50. The molecule has 0 heterocycles. The predicted octanol–water partition coefficient (Wildman–Crippen LogP) is 4.32. The Morgan fingerprint density at radius 3 is 2.50 bits per heavy atom. The maximum absolute atomic E-state index is 13.1. The summed E-state index contributed by atoms with van der Waals surface area (Å²) in [5, 5.41) is 10.4. The van der Waals surface area contributed by atoms with E-state index in [2.05, 4.69) is 6.92 Å². The highest BCUT2D eigenvalue weighted by Gasteiger charge is 2.59. The van der Waals surface area contributed by atoms with Crippen molar-refractivity contribution in [2.45, 2.75) is 51.0 Å². The molecule has 0 unspecified atom stereocenters. The number of rotatable bonds is 2. The van der Waals surface area contributed by atoms with Crippen LogP contribution in [0.3, 0.4) is 0 Å². The van der Waals surface area contributed by atoms with E-state index in [1.54, 1.807) is 0 Å². The van der Waals surface area contributed by atoms with Crippen molar-refractivity contribution in [3.63, 3.8) is 0 Å². The normalized spacial score (nSPS) is 36.7. The van der Waals surface area contributed by atoms with Gasteiger partial charge in [-0.05, 0) is 38.0 Å². The topological polar surface area (TPSA) is 54.4 Å². The van der Waals surface area contributed by atoms with Gasteiger partial charge in [0.2, 0.25) is 0 Å². The molecule has 1 aromatic rings. The van der Waals surface area contributed by atoms with E-state index in [-0.39, 0.29) is 17.5 Å². The van der Waals surface area contributed by atoms with Gasteiger partial charge in [-0.1, -0.05) is 48.5 Å². The summed E-state index contributed by atoms with van der Waals surface area (Å²) in [4.78, 5) is 27.9. The highest BCUT2D eigenvalue weighted by atomic mass is 32.2. The summed E-state index contributed by atoms with van der Waals surface area (Å²) in [5.41, 5.74) is 1.02. The first-order valence-corrected chi connectivity index (χ1v) is 9.98. The van der Waals surface area contributed by atoms with Crippen LogP contribution in [-0.2, 0) is 9.59 Å². The zero-order valence-corrected chi connectivity index (χ0v) is 16.2. The third-order valence-corrected chi connectivity index (χ3v) is 7.74. The maximum Gasteiger partial charge on any atom is 0.170 e. The molecule has 4 rings (SSSR count). The number of aliphatic hydroxyl groups excluding tert-OH is 1. The molecule has 1 N–H and O–H groups in total. The summed E-state index contributed by atoms with van der Waals surface area (Å²) >= 11 is 1.52. The van der Waals surface area contributed by atoms with Crippen molar-refractivity contribution in [2.24, 2.45) is 16.7 Å². The molecular formula is C22H24O3S. The molecule has 136 valence electrons. The second-order valence-corrected chi connectivity index (χ2v) is 9.41. The van der Waals surface area contributed by atoms with Gasteiger partial charge in [-0.3, -0.25) is 9.59 Å². The lowest BCUT2D eigenvalue weighted by molar-refractivity contribution is -0.134. The summed E-state index contributed by atoms with van der Waals surface area (Å²) in [7, 11) is 0. The molecule has 0 radical (unpaired) electrons. The highest BCUT2D eigenvalue weighted by Crippen LogP contribution is 2.63. The molecule has 4 atom stereocenters. The quantitative estimate of drug-likeness (QED) is 0.790. The van der Waals surface area contributed by atoms with Crippen LogP contribution in [0.1, 0.15) is 40.0 Å². The largest absolute Gasteiger partial charge is 0.389 e. The number of benzene rings is 1. The highest BCUT2D eigenvalue weighted by molar-refractivity contribution is 8.04. The van der Waals surface area contributed by atoms with Crippen LogP contribution < -0.4 is 0 Å². The second-order valence-electron chi connectivity index (χ2n) is 8.33. The Kier molecular flexibility index (Phi) is 4.05. The fourth-order valence-electron chi connectivity index (χ4n) is 5.05. The van der Waals surface area contributed by atoms with E-state index < -0.39 is 16.9 Å². The summed E-state index contributed by atoms with van der Waals surface area (Å²) in [6.45, 7) is 5.99. The number of hydrogen-bond acceptors (Lipinski definition) is 4. The number of fused-ring (bicyclic) bond motifs is 3. The van der Waals surface area contributed by atoms with Gasteiger partial charge in [0, 0.05) is 29.1 Å². The minimum absolute atomic E-state index is 0.105. The fraction of sp³-hybridized carbons (Fsp3) is 0.455. The summed E-state index contributed by atoms with van der Waals surface area (Å²) in [6.07, 6.45) is 2.57. The van der Waals surface area contributed by atoms with Gasteiger partial charge in [0.25, 0.3) is 0 Å². The van der Waals surface area contributed by atoms with Crippen molar-refractivity contribution in [1.82, 2.24) is 0 Å². The summed E-state index contributed by atoms with van der Waals surface area (Å²) < 4.78 is 0. The van der Waals surface area contributed by atoms with Crippen LogP contribution in [0.4, 0.5) is 0 Å². The minimum atomic E-state index is -0.610. The van der Waals surface area contributed by atoms with Crippen LogP contribution in [-0.4, -0.2) is 22.8 Å². The first kappa shape index (κ1) is 17.7.